The zero-order chi connectivity index (χ0) is 23.3. The quantitative estimate of drug-likeness (QED) is 0.525. The lowest BCUT2D eigenvalue weighted by Crippen LogP contribution is -2.35. The van der Waals surface area contributed by atoms with Crippen LogP contribution in [0.25, 0.3) is 11.0 Å². The van der Waals surface area contributed by atoms with Gasteiger partial charge >= 0.3 is 0 Å². The first-order valence-electron chi connectivity index (χ1n) is 11.0. The number of amides is 2. The van der Waals surface area contributed by atoms with Crippen molar-refractivity contribution in [3.63, 3.8) is 0 Å². The molecule has 0 spiro atoms. The number of rotatable bonds is 9. The predicted octanol–water partition coefficient (Wildman–Crippen LogP) is 4.27. The number of ether oxygens (including phenoxy) is 1. The molecule has 7 heteroatoms. The third kappa shape index (κ3) is 5.53. The second kappa shape index (κ2) is 10.4. The average molecular weight is 437 g/mol. The molecule has 2 heterocycles. The first-order valence-corrected chi connectivity index (χ1v) is 11.0. The van der Waals surface area contributed by atoms with Gasteiger partial charge in [0.15, 0.2) is 0 Å². The number of pyridine rings is 1. The molecule has 3 aromatic rings. The van der Waals surface area contributed by atoms with Crippen molar-refractivity contribution in [3.8, 4) is 0 Å². The number of benzene rings is 1. The van der Waals surface area contributed by atoms with Gasteiger partial charge in [0.25, 0.3) is 11.8 Å². The first kappa shape index (κ1) is 23.5. The van der Waals surface area contributed by atoms with E-state index in [9.17, 15) is 9.59 Å². The van der Waals surface area contributed by atoms with Gasteiger partial charge in [-0.25, -0.2) is 4.98 Å². The fourth-order valence-electron chi connectivity index (χ4n) is 3.62. The van der Waals surface area contributed by atoms with Gasteiger partial charge in [-0.2, -0.15) is 0 Å². The number of carbonyl (C=O) groups is 2. The molecule has 2 N–H and O–H groups in total. The number of aryl methyl sites for hydroxylation is 1. The summed E-state index contributed by atoms with van der Waals surface area (Å²) in [5.74, 6) is 0.431. The molecule has 0 radical (unpaired) electrons. The SMILES string of the molecule is CCc1ccc(C(=O)Nc2ccc3c(C(=O)N[C@H](C)COC)cn(CC(C)C)c3n2)cc1. The van der Waals surface area contributed by atoms with Crippen LogP contribution in [-0.4, -0.2) is 41.1 Å². The maximum atomic E-state index is 12.9. The average Bonchev–Trinajstić information content (AvgIpc) is 3.11. The molecular formula is C25H32N4O3. The van der Waals surface area contributed by atoms with Gasteiger partial charge in [-0.15, -0.1) is 0 Å². The van der Waals surface area contributed by atoms with E-state index in [4.69, 9.17) is 4.74 Å². The van der Waals surface area contributed by atoms with Gasteiger partial charge in [-0.3, -0.25) is 9.59 Å². The van der Waals surface area contributed by atoms with Crippen molar-refractivity contribution < 1.29 is 14.3 Å². The van der Waals surface area contributed by atoms with Crippen LogP contribution < -0.4 is 10.6 Å². The topological polar surface area (TPSA) is 85.3 Å². The molecule has 2 aromatic heterocycles. The smallest absolute Gasteiger partial charge is 0.256 e. The van der Waals surface area contributed by atoms with Crippen molar-refractivity contribution in [1.82, 2.24) is 14.9 Å². The van der Waals surface area contributed by atoms with Crippen LogP contribution in [0.4, 0.5) is 5.82 Å². The number of hydrogen-bond donors (Lipinski definition) is 2. The highest BCUT2D eigenvalue weighted by Gasteiger charge is 2.19. The Kier molecular flexibility index (Phi) is 7.64. The Labute approximate surface area is 189 Å². The summed E-state index contributed by atoms with van der Waals surface area (Å²) in [6.07, 6.45) is 2.76. The minimum atomic E-state index is -0.215. The van der Waals surface area contributed by atoms with E-state index in [2.05, 4.69) is 36.4 Å². The summed E-state index contributed by atoms with van der Waals surface area (Å²) < 4.78 is 7.09. The summed E-state index contributed by atoms with van der Waals surface area (Å²) >= 11 is 0. The molecule has 3 rings (SSSR count). The summed E-state index contributed by atoms with van der Waals surface area (Å²) in [6, 6.07) is 11.0. The number of hydrogen-bond acceptors (Lipinski definition) is 4. The lowest BCUT2D eigenvalue weighted by atomic mass is 10.1. The van der Waals surface area contributed by atoms with Gasteiger partial charge in [0, 0.05) is 36.8 Å². The highest BCUT2D eigenvalue weighted by atomic mass is 16.5. The molecule has 170 valence electrons. The summed E-state index contributed by atoms with van der Waals surface area (Å²) in [4.78, 5) is 30.2. The molecule has 0 aliphatic rings. The molecule has 2 amide bonds. The van der Waals surface area contributed by atoms with E-state index >= 15 is 0 Å². The van der Waals surface area contributed by atoms with E-state index < -0.39 is 0 Å². The Morgan fingerprint density at radius 1 is 1.06 bits per heavy atom. The lowest BCUT2D eigenvalue weighted by molar-refractivity contribution is 0.0906. The fraction of sp³-hybridized carbons (Fsp3) is 0.400. The largest absolute Gasteiger partial charge is 0.383 e. The van der Waals surface area contributed by atoms with E-state index in [1.807, 2.05) is 48.0 Å². The van der Waals surface area contributed by atoms with Crippen molar-refractivity contribution in [2.24, 2.45) is 5.92 Å². The number of nitrogens with zero attached hydrogens (tertiary/aromatic N) is 2. The van der Waals surface area contributed by atoms with Crippen molar-refractivity contribution in [1.29, 1.82) is 0 Å². The van der Waals surface area contributed by atoms with E-state index in [1.54, 1.807) is 13.2 Å². The van der Waals surface area contributed by atoms with Crippen LogP contribution in [0.1, 0.15) is 54.0 Å². The molecule has 0 fully saturated rings. The Balaban J connectivity index is 1.89. The number of fused-ring (bicyclic) bond motifs is 1. The molecule has 1 atom stereocenters. The summed E-state index contributed by atoms with van der Waals surface area (Å²) in [5.41, 5.74) is 2.98. The van der Waals surface area contributed by atoms with Gasteiger partial charge in [0.1, 0.15) is 11.5 Å². The van der Waals surface area contributed by atoms with Crippen LogP contribution in [-0.2, 0) is 17.7 Å². The van der Waals surface area contributed by atoms with Crippen molar-refractivity contribution in [3.05, 3.63) is 59.3 Å². The number of aromatic nitrogens is 2. The molecule has 0 bridgehead atoms. The summed E-state index contributed by atoms with van der Waals surface area (Å²) in [7, 11) is 1.61. The Bertz CT molecular complexity index is 1090. The van der Waals surface area contributed by atoms with Crippen molar-refractivity contribution in [2.45, 2.75) is 46.7 Å². The highest BCUT2D eigenvalue weighted by molar-refractivity contribution is 6.07. The molecule has 0 aliphatic carbocycles. The van der Waals surface area contributed by atoms with Crippen LogP contribution in [0.5, 0.6) is 0 Å². The highest BCUT2D eigenvalue weighted by Crippen LogP contribution is 2.23. The number of nitrogens with one attached hydrogen (secondary N) is 2. The molecule has 0 aliphatic heterocycles. The molecule has 0 unspecified atom stereocenters. The van der Waals surface area contributed by atoms with Crippen LogP contribution in [0.2, 0.25) is 0 Å². The van der Waals surface area contributed by atoms with Crippen molar-refractivity contribution >= 4 is 28.7 Å². The van der Waals surface area contributed by atoms with Crippen LogP contribution in [0, 0.1) is 5.92 Å². The molecule has 1 aromatic carbocycles. The Morgan fingerprint density at radius 3 is 2.41 bits per heavy atom. The van der Waals surface area contributed by atoms with Crippen LogP contribution in [0.3, 0.4) is 0 Å². The number of anilines is 1. The Hall–Kier alpha value is -3.19. The third-order valence-electron chi connectivity index (χ3n) is 5.19. The van der Waals surface area contributed by atoms with Gasteiger partial charge in [0.2, 0.25) is 0 Å². The van der Waals surface area contributed by atoms with Crippen molar-refractivity contribution in [2.75, 3.05) is 19.0 Å². The maximum absolute atomic E-state index is 12.9. The van der Waals surface area contributed by atoms with E-state index in [-0.39, 0.29) is 17.9 Å². The lowest BCUT2D eigenvalue weighted by Gasteiger charge is -2.12. The third-order valence-corrected chi connectivity index (χ3v) is 5.19. The van der Waals surface area contributed by atoms with Gasteiger partial charge < -0.3 is 19.9 Å². The molecule has 0 saturated heterocycles. The molecule has 0 saturated carbocycles. The maximum Gasteiger partial charge on any atom is 0.256 e. The van der Waals surface area contributed by atoms with E-state index in [0.29, 0.717) is 41.7 Å². The minimum absolute atomic E-state index is 0.110. The molecule has 7 nitrogen and oxygen atoms in total. The Morgan fingerprint density at radius 2 is 1.78 bits per heavy atom. The number of carbonyl (C=O) groups excluding carboxylic acids is 2. The van der Waals surface area contributed by atoms with Gasteiger partial charge in [-0.1, -0.05) is 32.9 Å². The first-order chi connectivity index (χ1) is 15.3. The predicted molar refractivity (Wildman–Crippen MR) is 127 cm³/mol. The zero-order valence-corrected chi connectivity index (χ0v) is 19.4. The molecule has 32 heavy (non-hydrogen) atoms. The second-order valence-electron chi connectivity index (χ2n) is 8.49. The van der Waals surface area contributed by atoms with Crippen LogP contribution in [0.15, 0.2) is 42.6 Å². The molecular weight excluding hydrogens is 404 g/mol. The van der Waals surface area contributed by atoms with Crippen LogP contribution >= 0.6 is 0 Å². The summed E-state index contributed by atoms with van der Waals surface area (Å²) in [6.45, 7) is 9.33. The minimum Gasteiger partial charge on any atom is -0.383 e. The standard InChI is InChI=1S/C25H32N4O3/c1-6-18-7-9-19(10-8-18)24(30)28-22-12-11-20-21(25(31)26-17(4)15-32-5)14-29(13-16(2)3)23(20)27-22/h7-12,14,16-17H,6,13,15H2,1-5H3,(H,26,31)(H,27,28,30)/t17-/m1/s1. The van der Waals surface area contributed by atoms with E-state index in [0.717, 1.165) is 11.8 Å². The zero-order valence-electron chi connectivity index (χ0n) is 19.4. The second-order valence-corrected chi connectivity index (χ2v) is 8.49. The number of methoxy groups -OCH3 is 1. The van der Waals surface area contributed by atoms with E-state index in [1.165, 1.54) is 5.56 Å². The monoisotopic (exact) mass is 436 g/mol. The van der Waals surface area contributed by atoms with Gasteiger partial charge in [0.05, 0.1) is 12.2 Å². The summed E-state index contributed by atoms with van der Waals surface area (Å²) in [5, 5.41) is 6.58. The van der Waals surface area contributed by atoms with Gasteiger partial charge in [-0.05, 0) is 49.1 Å². The fourth-order valence-corrected chi connectivity index (χ4v) is 3.62. The normalized spacial score (nSPS) is 12.2.